The monoisotopic (exact) mass is 131 g/mol. The molecular formula is C2HF4NO. The first-order valence-corrected chi connectivity index (χ1v) is 1.49. The number of hydrogen-bond acceptors (Lipinski definition) is 1. The van der Waals surface area contributed by atoms with Gasteiger partial charge in [0.05, 0.1) is 0 Å². The Labute approximate surface area is 42.2 Å². The molecule has 0 bridgehead atoms. The molecule has 0 saturated carbocycles. The van der Waals surface area contributed by atoms with Crippen LogP contribution in [0.5, 0.6) is 0 Å². The van der Waals surface area contributed by atoms with Crippen LogP contribution in [0.25, 0.3) is 0 Å². The molecule has 0 N–H and O–H groups in total. The van der Waals surface area contributed by atoms with Crippen molar-refractivity contribution in [3.05, 3.63) is 0 Å². The highest BCUT2D eigenvalue weighted by molar-refractivity contribution is 4.50. The third-order valence-electron chi connectivity index (χ3n) is 0.376. The molecule has 0 heterocycles. The average Bonchev–Trinajstić information content (AvgIpc) is 1.67. The normalized spacial score (nSPS) is 12.8. The summed E-state index contributed by atoms with van der Waals surface area (Å²) in [5.74, 6) is 7.03. The molecule has 0 spiro atoms. The van der Waals surface area contributed by atoms with E-state index in [0.29, 0.717) is 0 Å². The van der Waals surface area contributed by atoms with Gasteiger partial charge in [-0.1, -0.05) is 0 Å². The number of rotatable bonds is 2. The van der Waals surface area contributed by atoms with Crippen molar-refractivity contribution in [1.29, 1.82) is 0 Å². The lowest BCUT2D eigenvalue weighted by molar-refractivity contribution is -0.308. The highest BCUT2D eigenvalue weighted by atomic mass is 19.3. The van der Waals surface area contributed by atoms with Crippen LogP contribution in [0.15, 0.2) is 0 Å². The van der Waals surface area contributed by atoms with E-state index in [1.807, 2.05) is 0 Å². The minimum atomic E-state index is -4.74. The third-order valence-corrected chi connectivity index (χ3v) is 0.376. The zero-order chi connectivity index (χ0) is 6.78. The number of hydrogen-bond donors (Lipinski definition) is 0. The molecule has 0 saturated heterocycles. The maximum Gasteiger partial charge on any atom is 0.434 e. The van der Waals surface area contributed by atoms with Gasteiger partial charge in [0.2, 0.25) is 0 Å². The van der Waals surface area contributed by atoms with Crippen molar-refractivity contribution in [2.45, 2.75) is 12.5 Å². The van der Waals surface area contributed by atoms with Crippen molar-refractivity contribution in [3.63, 3.8) is 0 Å². The zero-order valence-electron chi connectivity index (χ0n) is 3.44. The molecule has 0 rings (SSSR count). The van der Waals surface area contributed by atoms with Gasteiger partial charge in [0.15, 0.2) is 0 Å². The van der Waals surface area contributed by atoms with E-state index in [-0.39, 0.29) is 0 Å². The average molecular weight is 131 g/mol. The quantitative estimate of drug-likeness (QED) is 0.403. The maximum atomic E-state index is 11.1. The van der Waals surface area contributed by atoms with Crippen molar-refractivity contribution in [2.24, 2.45) is 0 Å². The summed E-state index contributed by atoms with van der Waals surface area (Å²) in [7, 11) is 0. The van der Waals surface area contributed by atoms with Crippen molar-refractivity contribution in [3.8, 4) is 0 Å². The van der Waals surface area contributed by atoms with Crippen LogP contribution in [0.1, 0.15) is 0 Å². The topological polar surface area (TPSA) is 31.5 Å². The van der Waals surface area contributed by atoms with Crippen LogP contribution in [0.2, 0.25) is 0 Å². The molecule has 2 radical (unpaired) electrons. The predicted octanol–water partition coefficient (Wildman–Crippen LogP) is 0.845. The predicted molar refractivity (Wildman–Crippen MR) is 14.2 cm³/mol. The highest BCUT2D eigenvalue weighted by Gasteiger charge is 2.42. The largest absolute Gasteiger partial charge is 0.434 e. The smallest absolute Gasteiger partial charge is 0.200 e. The summed E-state index contributed by atoms with van der Waals surface area (Å²) in [4.78, 5) is 2.12. The molecule has 0 amide bonds. The molecule has 0 aliphatic carbocycles. The van der Waals surface area contributed by atoms with E-state index in [9.17, 15) is 17.6 Å². The molecule has 0 aliphatic heterocycles. The molecule has 0 aromatic heterocycles. The van der Waals surface area contributed by atoms with Crippen LogP contribution in [0, 0.1) is 0 Å². The van der Waals surface area contributed by atoms with Crippen LogP contribution >= 0.6 is 0 Å². The first-order valence-electron chi connectivity index (χ1n) is 1.49. The summed E-state index contributed by atoms with van der Waals surface area (Å²) >= 11 is 0. The van der Waals surface area contributed by atoms with Crippen molar-refractivity contribution >= 4 is 0 Å². The molecule has 0 aromatic rings. The van der Waals surface area contributed by atoms with Crippen molar-refractivity contribution < 1.29 is 22.4 Å². The van der Waals surface area contributed by atoms with Gasteiger partial charge in [0.1, 0.15) is 0 Å². The fourth-order valence-electron chi connectivity index (χ4n) is 0.0398. The number of alkyl halides is 4. The van der Waals surface area contributed by atoms with Crippen LogP contribution in [0.3, 0.4) is 0 Å². The zero-order valence-corrected chi connectivity index (χ0v) is 3.44. The minimum absolute atomic E-state index is 2.12. The van der Waals surface area contributed by atoms with Gasteiger partial charge >= 0.3 is 12.5 Å². The van der Waals surface area contributed by atoms with Crippen LogP contribution in [0.4, 0.5) is 17.6 Å². The first kappa shape index (κ1) is 7.64. The standard InChI is InChI=1S/C2HF4NO/c3-1(4)2(5,6)8-7/h1H. The Bertz CT molecular complexity index is 74.4. The number of nitrogens with zero attached hydrogens (tertiary/aromatic N) is 1. The fourth-order valence-corrected chi connectivity index (χ4v) is 0.0398. The van der Waals surface area contributed by atoms with Crippen LogP contribution in [-0.2, 0) is 4.84 Å². The Morgan fingerprint density at radius 1 is 1.38 bits per heavy atom. The summed E-state index contributed by atoms with van der Waals surface area (Å²) in [6, 6.07) is 0. The molecule has 0 aromatic carbocycles. The lowest BCUT2D eigenvalue weighted by Crippen LogP contribution is -2.29. The van der Waals surface area contributed by atoms with E-state index >= 15 is 0 Å². The van der Waals surface area contributed by atoms with E-state index in [0.717, 1.165) is 0 Å². The Kier molecular flexibility index (Phi) is 2.17. The van der Waals surface area contributed by atoms with E-state index in [1.165, 1.54) is 0 Å². The van der Waals surface area contributed by atoms with E-state index in [4.69, 9.17) is 5.90 Å². The van der Waals surface area contributed by atoms with E-state index < -0.39 is 12.5 Å². The Hall–Kier alpha value is -0.360. The third kappa shape index (κ3) is 1.63. The summed E-state index contributed by atoms with van der Waals surface area (Å²) < 4.78 is 43.7. The van der Waals surface area contributed by atoms with E-state index in [1.54, 1.807) is 0 Å². The lowest BCUT2D eigenvalue weighted by Gasteiger charge is -2.07. The summed E-state index contributed by atoms with van der Waals surface area (Å²) in [5, 5.41) is 0. The second-order valence-corrected chi connectivity index (χ2v) is 0.954. The SMILES string of the molecule is [N]OC(F)(F)C(F)F. The molecule has 2 nitrogen and oxygen atoms in total. The van der Waals surface area contributed by atoms with E-state index in [2.05, 4.69) is 4.84 Å². The van der Waals surface area contributed by atoms with Gasteiger partial charge in [0.25, 0.3) is 0 Å². The second kappa shape index (κ2) is 2.27. The van der Waals surface area contributed by atoms with Gasteiger partial charge < -0.3 is 0 Å². The molecule has 6 heteroatoms. The van der Waals surface area contributed by atoms with Crippen molar-refractivity contribution in [1.82, 2.24) is 5.90 Å². The van der Waals surface area contributed by atoms with Gasteiger partial charge in [-0.15, -0.1) is 0 Å². The Morgan fingerprint density at radius 2 is 1.75 bits per heavy atom. The molecule has 48 valence electrons. The molecule has 8 heavy (non-hydrogen) atoms. The Balaban J connectivity index is 3.71. The summed E-state index contributed by atoms with van der Waals surface area (Å²) in [5.41, 5.74) is 0. The highest BCUT2D eigenvalue weighted by Crippen LogP contribution is 2.21. The summed E-state index contributed by atoms with van der Waals surface area (Å²) in [6.07, 6.45) is -8.73. The van der Waals surface area contributed by atoms with Gasteiger partial charge in [0, 0.05) is 5.90 Å². The van der Waals surface area contributed by atoms with Gasteiger partial charge in [-0.3, -0.25) is 0 Å². The fraction of sp³-hybridized carbons (Fsp3) is 1.00. The van der Waals surface area contributed by atoms with Gasteiger partial charge in [-0.2, -0.15) is 13.6 Å². The molecule has 0 atom stereocenters. The van der Waals surface area contributed by atoms with Gasteiger partial charge in [-0.05, 0) is 0 Å². The van der Waals surface area contributed by atoms with Crippen molar-refractivity contribution in [2.75, 3.05) is 0 Å². The molecule has 0 aliphatic rings. The van der Waals surface area contributed by atoms with Gasteiger partial charge in [-0.25, -0.2) is 8.78 Å². The Morgan fingerprint density at radius 3 is 1.75 bits per heavy atom. The molecule has 0 unspecified atom stereocenters. The maximum absolute atomic E-state index is 11.1. The van der Waals surface area contributed by atoms with Crippen LogP contribution < -0.4 is 5.90 Å². The summed E-state index contributed by atoms with van der Waals surface area (Å²) in [6.45, 7) is 0. The number of halogens is 4. The molecule has 0 fully saturated rings. The second-order valence-electron chi connectivity index (χ2n) is 0.954. The minimum Gasteiger partial charge on any atom is -0.200 e. The first-order chi connectivity index (χ1) is 3.50. The molecular weight excluding hydrogens is 130 g/mol. The lowest BCUT2D eigenvalue weighted by atomic mass is 10.7. The van der Waals surface area contributed by atoms with Crippen LogP contribution in [-0.4, -0.2) is 12.5 Å².